The number of allylic oxidation sites excluding steroid dienone is 1. The largest absolute Gasteiger partial charge is 0.491 e. The predicted molar refractivity (Wildman–Crippen MR) is 82.1 cm³/mol. The standard InChI is InChI=1S/C15H21N5O4/c1-10-12(14(16)23)6-15(24-10)2-4-19(5-3-15)13(22)8-20-7-11(9-21)17-18-20/h7,21H,2-6,8-9H2,1H3,(H2,16,23). The zero-order valence-electron chi connectivity index (χ0n) is 13.6. The summed E-state index contributed by atoms with van der Waals surface area (Å²) in [7, 11) is 0. The molecule has 1 saturated heterocycles. The average Bonchev–Trinajstić information content (AvgIpc) is 3.12. The van der Waals surface area contributed by atoms with Crippen LogP contribution in [0.4, 0.5) is 0 Å². The van der Waals surface area contributed by atoms with Gasteiger partial charge in [0.15, 0.2) is 0 Å². The summed E-state index contributed by atoms with van der Waals surface area (Å²) in [6.07, 6.45) is 3.38. The van der Waals surface area contributed by atoms with Crippen molar-refractivity contribution in [1.82, 2.24) is 19.9 Å². The van der Waals surface area contributed by atoms with E-state index < -0.39 is 11.5 Å². The molecule has 1 spiro atoms. The SMILES string of the molecule is CC1=C(C(N)=O)CC2(CCN(C(=O)Cn3cc(CO)nn3)CC2)O1. The molecule has 9 nitrogen and oxygen atoms in total. The first-order valence-corrected chi connectivity index (χ1v) is 7.89. The molecule has 24 heavy (non-hydrogen) atoms. The van der Waals surface area contributed by atoms with Gasteiger partial charge in [0.25, 0.3) is 0 Å². The molecule has 2 aliphatic heterocycles. The number of nitrogens with two attached hydrogens (primary N) is 1. The van der Waals surface area contributed by atoms with Crippen molar-refractivity contribution in [3.8, 4) is 0 Å². The number of rotatable bonds is 4. The lowest BCUT2D eigenvalue weighted by molar-refractivity contribution is -0.136. The maximum absolute atomic E-state index is 12.4. The zero-order chi connectivity index (χ0) is 17.3. The lowest BCUT2D eigenvalue weighted by Gasteiger charge is -2.39. The van der Waals surface area contributed by atoms with Crippen LogP contribution < -0.4 is 5.73 Å². The van der Waals surface area contributed by atoms with E-state index in [9.17, 15) is 9.59 Å². The van der Waals surface area contributed by atoms with Gasteiger partial charge in [-0.15, -0.1) is 5.10 Å². The third-order valence-electron chi connectivity index (χ3n) is 4.66. The molecular formula is C15H21N5O4. The lowest BCUT2D eigenvalue weighted by Crippen LogP contribution is -2.47. The van der Waals surface area contributed by atoms with E-state index in [0.717, 1.165) is 0 Å². The second kappa shape index (κ2) is 6.23. The molecule has 0 saturated carbocycles. The molecule has 3 rings (SSSR count). The van der Waals surface area contributed by atoms with Crippen LogP contribution in [0, 0.1) is 0 Å². The molecule has 2 aliphatic rings. The van der Waals surface area contributed by atoms with E-state index >= 15 is 0 Å². The summed E-state index contributed by atoms with van der Waals surface area (Å²) in [6.45, 7) is 2.76. The molecule has 1 fully saturated rings. The van der Waals surface area contributed by atoms with Crippen molar-refractivity contribution in [3.63, 3.8) is 0 Å². The van der Waals surface area contributed by atoms with Crippen LogP contribution in [0.3, 0.4) is 0 Å². The highest BCUT2D eigenvalue weighted by Gasteiger charge is 2.44. The molecule has 130 valence electrons. The van der Waals surface area contributed by atoms with Crippen LogP contribution in [-0.2, 0) is 27.5 Å². The summed E-state index contributed by atoms with van der Waals surface area (Å²) in [4.78, 5) is 25.5. The second-order valence-electron chi connectivity index (χ2n) is 6.31. The Morgan fingerprint density at radius 2 is 2.12 bits per heavy atom. The maximum atomic E-state index is 12.4. The zero-order valence-corrected chi connectivity index (χ0v) is 13.6. The third-order valence-corrected chi connectivity index (χ3v) is 4.66. The monoisotopic (exact) mass is 335 g/mol. The third kappa shape index (κ3) is 3.12. The van der Waals surface area contributed by atoms with Gasteiger partial charge in [0.2, 0.25) is 11.8 Å². The Labute approximate surface area is 139 Å². The molecule has 0 aromatic carbocycles. The van der Waals surface area contributed by atoms with Gasteiger partial charge in [-0.05, 0) is 6.92 Å². The predicted octanol–water partition coefficient (Wildman–Crippen LogP) is -0.689. The average molecular weight is 335 g/mol. The number of nitrogens with zero attached hydrogens (tertiary/aromatic N) is 4. The number of aromatic nitrogens is 3. The van der Waals surface area contributed by atoms with E-state index in [2.05, 4.69) is 10.3 Å². The minimum absolute atomic E-state index is 0.0583. The van der Waals surface area contributed by atoms with E-state index in [1.165, 1.54) is 4.68 Å². The number of aliphatic hydroxyl groups excluding tert-OH is 1. The minimum atomic E-state index is -0.436. The van der Waals surface area contributed by atoms with E-state index in [0.29, 0.717) is 49.4 Å². The molecular weight excluding hydrogens is 314 g/mol. The van der Waals surface area contributed by atoms with Gasteiger partial charge in [-0.3, -0.25) is 9.59 Å². The number of hydrogen-bond acceptors (Lipinski definition) is 6. The van der Waals surface area contributed by atoms with Crippen molar-refractivity contribution in [2.45, 2.75) is 44.9 Å². The van der Waals surface area contributed by atoms with Crippen LogP contribution in [0.15, 0.2) is 17.5 Å². The van der Waals surface area contributed by atoms with Crippen LogP contribution >= 0.6 is 0 Å². The van der Waals surface area contributed by atoms with Crippen molar-refractivity contribution >= 4 is 11.8 Å². The Morgan fingerprint density at radius 1 is 1.42 bits per heavy atom. The number of hydrogen-bond donors (Lipinski definition) is 2. The van der Waals surface area contributed by atoms with E-state index in [1.54, 1.807) is 18.0 Å². The Balaban J connectivity index is 1.56. The van der Waals surface area contributed by atoms with Gasteiger partial charge in [-0.25, -0.2) is 4.68 Å². The van der Waals surface area contributed by atoms with E-state index in [4.69, 9.17) is 15.6 Å². The number of ether oxygens (including phenoxy) is 1. The van der Waals surface area contributed by atoms with Crippen LogP contribution in [-0.4, -0.2) is 55.5 Å². The highest BCUT2D eigenvalue weighted by Crippen LogP contribution is 2.41. The van der Waals surface area contributed by atoms with Crippen LogP contribution in [0.1, 0.15) is 31.9 Å². The highest BCUT2D eigenvalue weighted by atomic mass is 16.5. The van der Waals surface area contributed by atoms with Crippen molar-refractivity contribution in [3.05, 3.63) is 23.2 Å². The smallest absolute Gasteiger partial charge is 0.248 e. The summed E-state index contributed by atoms with van der Waals surface area (Å²) in [5.41, 5.74) is 5.94. The molecule has 0 atom stereocenters. The Hall–Kier alpha value is -2.42. The quantitative estimate of drug-likeness (QED) is 0.751. The fourth-order valence-electron chi connectivity index (χ4n) is 3.30. The lowest BCUT2D eigenvalue weighted by atomic mass is 9.86. The fraction of sp³-hybridized carbons (Fsp3) is 0.600. The summed E-state index contributed by atoms with van der Waals surface area (Å²) >= 11 is 0. The molecule has 0 aliphatic carbocycles. The van der Waals surface area contributed by atoms with Gasteiger partial charge in [0.1, 0.15) is 23.6 Å². The van der Waals surface area contributed by atoms with Crippen LogP contribution in [0.25, 0.3) is 0 Å². The Morgan fingerprint density at radius 3 is 2.67 bits per heavy atom. The van der Waals surface area contributed by atoms with Crippen LogP contribution in [0.2, 0.25) is 0 Å². The molecule has 0 radical (unpaired) electrons. The van der Waals surface area contributed by atoms with Gasteiger partial charge in [0, 0.05) is 32.4 Å². The fourth-order valence-corrected chi connectivity index (χ4v) is 3.30. The van der Waals surface area contributed by atoms with Crippen molar-refractivity contribution in [2.75, 3.05) is 13.1 Å². The summed E-state index contributed by atoms with van der Waals surface area (Å²) < 4.78 is 7.33. The molecule has 0 unspecified atom stereocenters. The summed E-state index contributed by atoms with van der Waals surface area (Å²) in [5, 5.41) is 16.5. The van der Waals surface area contributed by atoms with Crippen molar-refractivity contribution in [1.29, 1.82) is 0 Å². The van der Waals surface area contributed by atoms with Gasteiger partial charge in [-0.2, -0.15) is 0 Å². The van der Waals surface area contributed by atoms with Gasteiger partial charge in [0.05, 0.1) is 18.4 Å². The first kappa shape index (κ1) is 16.4. The first-order chi connectivity index (χ1) is 11.4. The number of primary amides is 1. The maximum Gasteiger partial charge on any atom is 0.248 e. The first-order valence-electron chi connectivity index (χ1n) is 7.89. The van der Waals surface area contributed by atoms with Crippen molar-refractivity contribution < 1.29 is 19.4 Å². The van der Waals surface area contributed by atoms with Gasteiger partial charge < -0.3 is 20.5 Å². The molecule has 3 N–H and O–H groups in total. The number of amides is 2. The molecule has 1 aromatic heterocycles. The Kier molecular flexibility index (Phi) is 4.27. The number of aliphatic hydroxyl groups is 1. The van der Waals surface area contributed by atoms with Gasteiger partial charge in [-0.1, -0.05) is 5.21 Å². The van der Waals surface area contributed by atoms with Crippen LogP contribution in [0.5, 0.6) is 0 Å². The second-order valence-corrected chi connectivity index (χ2v) is 6.31. The number of likely N-dealkylation sites (tertiary alicyclic amines) is 1. The van der Waals surface area contributed by atoms with Gasteiger partial charge >= 0.3 is 0 Å². The molecule has 2 amide bonds. The molecule has 9 heteroatoms. The molecule has 0 bridgehead atoms. The minimum Gasteiger partial charge on any atom is -0.491 e. The number of piperidine rings is 1. The number of carbonyl (C=O) groups excluding carboxylic acids is 2. The topological polar surface area (TPSA) is 124 Å². The highest BCUT2D eigenvalue weighted by molar-refractivity contribution is 5.93. The molecule has 1 aromatic rings. The normalized spacial score (nSPS) is 19.7. The summed E-state index contributed by atoms with van der Waals surface area (Å²) in [5.74, 6) is 0.104. The van der Waals surface area contributed by atoms with E-state index in [-0.39, 0.29) is 19.1 Å². The summed E-state index contributed by atoms with van der Waals surface area (Å²) in [6, 6.07) is 0. The molecule has 3 heterocycles. The van der Waals surface area contributed by atoms with Crippen molar-refractivity contribution in [2.24, 2.45) is 5.73 Å². The number of carbonyl (C=O) groups is 2. The Bertz CT molecular complexity index is 688. The van der Waals surface area contributed by atoms with E-state index in [1.807, 2.05) is 0 Å².